The predicted octanol–water partition coefficient (Wildman–Crippen LogP) is 2.10. The number of carboxylic acids is 1. The van der Waals surface area contributed by atoms with E-state index in [0.717, 1.165) is 10.9 Å². The minimum Gasteiger partial charge on any atom is -0.481 e. The summed E-state index contributed by atoms with van der Waals surface area (Å²) < 4.78 is 0. The Balaban J connectivity index is 2.49. The molecule has 17 heavy (non-hydrogen) atoms. The first kappa shape index (κ1) is 11.4. The highest BCUT2D eigenvalue weighted by molar-refractivity contribution is 5.84. The summed E-state index contributed by atoms with van der Waals surface area (Å²) in [7, 11) is 0. The molecule has 0 aliphatic heterocycles. The summed E-state index contributed by atoms with van der Waals surface area (Å²) in [6.45, 7) is 1.62. The zero-order chi connectivity index (χ0) is 12.5. The van der Waals surface area contributed by atoms with Gasteiger partial charge in [0.2, 0.25) is 0 Å². The summed E-state index contributed by atoms with van der Waals surface area (Å²) >= 11 is 0. The van der Waals surface area contributed by atoms with Crippen LogP contribution in [0.1, 0.15) is 19.0 Å². The number of benzene rings is 1. The van der Waals surface area contributed by atoms with Crippen molar-refractivity contribution in [2.45, 2.75) is 18.8 Å². The molecule has 4 nitrogen and oxygen atoms in total. The van der Waals surface area contributed by atoms with Gasteiger partial charge in [0.15, 0.2) is 0 Å². The molecule has 0 aliphatic rings. The number of hydrogen-bond acceptors (Lipinski definition) is 2. The van der Waals surface area contributed by atoms with Crippen LogP contribution in [-0.2, 0) is 15.0 Å². The SMILES string of the molecule is CC(C=O)(CC(=O)O)c1cc2ccccc2[nH]1. The van der Waals surface area contributed by atoms with Crippen molar-refractivity contribution in [3.8, 4) is 0 Å². The van der Waals surface area contributed by atoms with E-state index in [4.69, 9.17) is 5.11 Å². The Kier molecular flexibility index (Phi) is 2.71. The summed E-state index contributed by atoms with van der Waals surface area (Å²) in [4.78, 5) is 25.0. The van der Waals surface area contributed by atoms with Crippen molar-refractivity contribution in [2.24, 2.45) is 0 Å². The van der Waals surface area contributed by atoms with Gasteiger partial charge in [-0.3, -0.25) is 4.79 Å². The van der Waals surface area contributed by atoms with Gasteiger partial charge in [0.1, 0.15) is 6.29 Å². The van der Waals surface area contributed by atoms with E-state index < -0.39 is 11.4 Å². The maximum atomic E-state index is 11.2. The van der Waals surface area contributed by atoms with Crippen molar-refractivity contribution in [2.75, 3.05) is 0 Å². The van der Waals surface area contributed by atoms with E-state index in [2.05, 4.69) is 4.98 Å². The van der Waals surface area contributed by atoms with Gasteiger partial charge in [0, 0.05) is 11.2 Å². The van der Waals surface area contributed by atoms with Gasteiger partial charge in [-0.1, -0.05) is 18.2 Å². The molecule has 1 unspecified atom stereocenters. The fraction of sp³-hybridized carbons (Fsp3) is 0.231. The number of para-hydroxylation sites is 1. The highest BCUT2D eigenvalue weighted by atomic mass is 16.4. The second-order valence-electron chi connectivity index (χ2n) is 4.38. The fourth-order valence-corrected chi connectivity index (χ4v) is 1.90. The molecule has 0 saturated heterocycles. The third-order valence-electron chi connectivity index (χ3n) is 2.92. The normalized spacial score (nSPS) is 14.4. The Morgan fingerprint density at radius 1 is 1.47 bits per heavy atom. The van der Waals surface area contributed by atoms with Gasteiger partial charge in [-0.25, -0.2) is 0 Å². The van der Waals surface area contributed by atoms with Crippen LogP contribution >= 0.6 is 0 Å². The van der Waals surface area contributed by atoms with E-state index >= 15 is 0 Å². The highest BCUT2D eigenvalue weighted by Gasteiger charge is 2.30. The van der Waals surface area contributed by atoms with E-state index in [9.17, 15) is 9.59 Å². The summed E-state index contributed by atoms with van der Waals surface area (Å²) in [6.07, 6.45) is 0.467. The molecule has 0 radical (unpaired) electrons. The monoisotopic (exact) mass is 231 g/mol. The maximum Gasteiger partial charge on any atom is 0.304 e. The minimum absolute atomic E-state index is 0.219. The largest absolute Gasteiger partial charge is 0.481 e. The standard InChI is InChI=1S/C13H13NO3/c1-13(8-15,7-12(16)17)11-6-9-4-2-3-5-10(9)14-11/h2-6,8,14H,7H2,1H3,(H,16,17). The number of hydrogen-bond donors (Lipinski definition) is 2. The van der Waals surface area contributed by atoms with E-state index in [1.165, 1.54) is 0 Å². The summed E-state index contributed by atoms with van der Waals surface area (Å²) in [5.74, 6) is -0.988. The van der Waals surface area contributed by atoms with Gasteiger partial charge in [-0.2, -0.15) is 0 Å². The lowest BCUT2D eigenvalue weighted by Gasteiger charge is -2.18. The molecule has 1 heterocycles. The number of carbonyl (C=O) groups excluding carboxylic acids is 1. The van der Waals surface area contributed by atoms with Gasteiger partial charge in [-0.05, 0) is 24.4 Å². The molecule has 2 N–H and O–H groups in total. The van der Waals surface area contributed by atoms with E-state index in [1.807, 2.05) is 30.3 Å². The molecule has 88 valence electrons. The average Bonchev–Trinajstić information content (AvgIpc) is 2.72. The number of aliphatic carboxylic acids is 1. The van der Waals surface area contributed by atoms with Crippen LogP contribution in [0.15, 0.2) is 30.3 Å². The number of carbonyl (C=O) groups is 2. The van der Waals surface area contributed by atoms with Gasteiger partial charge < -0.3 is 14.9 Å². The van der Waals surface area contributed by atoms with Crippen LogP contribution in [0.2, 0.25) is 0 Å². The Hall–Kier alpha value is -2.10. The first-order valence-corrected chi connectivity index (χ1v) is 5.31. The molecule has 4 heteroatoms. The third kappa shape index (κ3) is 2.06. The zero-order valence-electron chi connectivity index (χ0n) is 9.43. The summed E-state index contributed by atoms with van der Waals surface area (Å²) in [5, 5.41) is 9.82. The van der Waals surface area contributed by atoms with Gasteiger partial charge in [0.25, 0.3) is 0 Å². The molecule has 0 bridgehead atoms. The van der Waals surface area contributed by atoms with Crippen LogP contribution in [0.5, 0.6) is 0 Å². The van der Waals surface area contributed by atoms with Crippen molar-refractivity contribution in [3.05, 3.63) is 36.0 Å². The molecule has 0 spiro atoms. The van der Waals surface area contributed by atoms with Crippen LogP contribution in [-0.4, -0.2) is 22.3 Å². The number of nitrogens with one attached hydrogen (secondary N) is 1. The van der Waals surface area contributed by atoms with Crippen LogP contribution in [0.25, 0.3) is 10.9 Å². The predicted molar refractivity (Wildman–Crippen MR) is 64.0 cm³/mol. The Morgan fingerprint density at radius 3 is 2.76 bits per heavy atom. The third-order valence-corrected chi connectivity index (χ3v) is 2.92. The molecule has 0 aliphatic carbocycles. The lowest BCUT2D eigenvalue weighted by Crippen LogP contribution is -2.27. The zero-order valence-corrected chi connectivity index (χ0v) is 9.43. The van der Waals surface area contributed by atoms with E-state index in [1.54, 1.807) is 6.92 Å². The Bertz CT molecular complexity index is 540. The van der Waals surface area contributed by atoms with Crippen molar-refractivity contribution in [3.63, 3.8) is 0 Å². The van der Waals surface area contributed by atoms with Crippen molar-refractivity contribution in [1.29, 1.82) is 0 Å². The molecule has 1 aromatic heterocycles. The Morgan fingerprint density at radius 2 is 2.18 bits per heavy atom. The number of rotatable bonds is 4. The molecule has 2 aromatic rings. The number of fused-ring (bicyclic) bond motifs is 1. The van der Waals surface area contributed by atoms with Crippen molar-refractivity contribution < 1.29 is 14.7 Å². The molecule has 2 rings (SSSR count). The number of aromatic amines is 1. The second kappa shape index (κ2) is 4.05. The van der Waals surface area contributed by atoms with Crippen LogP contribution in [0.4, 0.5) is 0 Å². The van der Waals surface area contributed by atoms with Gasteiger partial charge in [-0.15, -0.1) is 0 Å². The van der Waals surface area contributed by atoms with Crippen LogP contribution in [0.3, 0.4) is 0 Å². The number of aromatic nitrogens is 1. The summed E-state index contributed by atoms with van der Waals surface area (Å²) in [5.41, 5.74) is 0.530. The fourth-order valence-electron chi connectivity index (χ4n) is 1.90. The second-order valence-corrected chi connectivity index (χ2v) is 4.38. The minimum atomic E-state index is -1.01. The van der Waals surface area contributed by atoms with E-state index in [0.29, 0.717) is 12.0 Å². The topological polar surface area (TPSA) is 70.2 Å². The molecular weight excluding hydrogens is 218 g/mol. The van der Waals surface area contributed by atoms with Crippen molar-refractivity contribution in [1.82, 2.24) is 4.98 Å². The first-order chi connectivity index (χ1) is 8.05. The molecular formula is C13H13NO3. The molecule has 0 saturated carbocycles. The molecule has 1 aromatic carbocycles. The molecule has 0 amide bonds. The Labute approximate surface area is 98.3 Å². The molecule has 1 atom stereocenters. The number of aldehydes is 1. The number of carboxylic acid groups (broad SMARTS) is 1. The average molecular weight is 231 g/mol. The lowest BCUT2D eigenvalue weighted by molar-refractivity contribution is -0.139. The van der Waals surface area contributed by atoms with Gasteiger partial charge in [0.05, 0.1) is 11.8 Å². The van der Waals surface area contributed by atoms with E-state index in [-0.39, 0.29) is 6.42 Å². The summed E-state index contributed by atoms with van der Waals surface area (Å²) in [6, 6.07) is 9.42. The lowest BCUT2D eigenvalue weighted by atomic mass is 9.85. The van der Waals surface area contributed by atoms with Crippen molar-refractivity contribution >= 4 is 23.2 Å². The smallest absolute Gasteiger partial charge is 0.304 e. The van der Waals surface area contributed by atoms with Gasteiger partial charge >= 0.3 is 5.97 Å². The van der Waals surface area contributed by atoms with Crippen LogP contribution < -0.4 is 0 Å². The quantitative estimate of drug-likeness (QED) is 0.791. The van der Waals surface area contributed by atoms with Crippen LogP contribution in [0, 0.1) is 0 Å². The molecule has 0 fully saturated rings. The first-order valence-electron chi connectivity index (χ1n) is 5.31. The highest BCUT2D eigenvalue weighted by Crippen LogP contribution is 2.28. The number of H-pyrrole nitrogens is 1. The maximum absolute atomic E-state index is 11.2.